The number of anilines is 3. The van der Waals surface area contributed by atoms with Crippen LogP contribution in [0.5, 0.6) is 11.5 Å². The molecule has 13 heteroatoms. The maximum atomic E-state index is 14.0. The van der Waals surface area contributed by atoms with E-state index in [1.807, 2.05) is 6.07 Å². The van der Waals surface area contributed by atoms with Crippen molar-refractivity contribution in [2.24, 2.45) is 5.92 Å². The first-order chi connectivity index (χ1) is 22.3. The summed E-state index contributed by atoms with van der Waals surface area (Å²) in [7, 11) is 2.10. The third kappa shape index (κ3) is 7.26. The number of nitrogens with zero attached hydrogens (tertiary/aromatic N) is 5. The van der Waals surface area contributed by atoms with Crippen LogP contribution in [0.3, 0.4) is 0 Å². The molecule has 2 N–H and O–H groups in total. The molecule has 0 bridgehead atoms. The maximum Gasteiger partial charge on any atom is 0.343 e. The quantitative estimate of drug-likeness (QED) is 0.154. The van der Waals surface area contributed by atoms with Gasteiger partial charge in [0.25, 0.3) is 0 Å². The number of hydrogen-bond donors (Lipinski definition) is 2. The van der Waals surface area contributed by atoms with Gasteiger partial charge in [0.2, 0.25) is 5.91 Å². The molecule has 0 unspecified atom stereocenters. The van der Waals surface area contributed by atoms with Crippen molar-refractivity contribution in [2.45, 2.75) is 19.4 Å². The molecule has 1 aliphatic rings. The molecule has 236 valence electrons. The Morgan fingerprint density at radius 3 is 2.61 bits per heavy atom. The molecule has 46 heavy (non-hydrogen) atoms. The average molecular weight is 628 g/mol. The number of halogens is 2. The second-order valence-electron chi connectivity index (χ2n) is 11.1. The second-order valence-corrected chi connectivity index (χ2v) is 11.1. The van der Waals surface area contributed by atoms with Gasteiger partial charge in [0, 0.05) is 17.6 Å². The van der Waals surface area contributed by atoms with Crippen molar-refractivity contribution in [2.75, 3.05) is 37.4 Å². The number of rotatable bonds is 10. The number of amides is 1. The summed E-state index contributed by atoms with van der Waals surface area (Å²) in [5.41, 5.74) is 1.18. The molecular weight excluding hydrogens is 596 g/mol. The zero-order chi connectivity index (χ0) is 32.0. The predicted octanol–water partition coefficient (Wildman–Crippen LogP) is 5.43. The highest BCUT2D eigenvalue weighted by atomic mass is 19.2. The Kier molecular flexibility index (Phi) is 9.10. The van der Waals surface area contributed by atoms with Crippen LogP contribution >= 0.6 is 0 Å². The summed E-state index contributed by atoms with van der Waals surface area (Å²) in [6.07, 6.45) is 6.46. The van der Waals surface area contributed by atoms with Gasteiger partial charge in [-0.3, -0.25) is 9.48 Å². The molecule has 1 aliphatic heterocycles. The molecule has 2 aromatic heterocycles. The number of likely N-dealkylation sites (tertiary alicyclic amines) is 1. The van der Waals surface area contributed by atoms with Crippen molar-refractivity contribution in [3.8, 4) is 11.5 Å². The highest BCUT2D eigenvalue weighted by molar-refractivity contribution is 5.96. The van der Waals surface area contributed by atoms with Crippen LogP contribution in [0, 0.1) is 17.6 Å². The van der Waals surface area contributed by atoms with E-state index in [0.717, 1.165) is 32.0 Å². The van der Waals surface area contributed by atoms with E-state index >= 15 is 0 Å². The first kappa shape index (κ1) is 30.6. The lowest BCUT2D eigenvalue weighted by Crippen LogP contribution is -2.32. The van der Waals surface area contributed by atoms with Crippen LogP contribution in [0.4, 0.5) is 26.0 Å². The van der Waals surface area contributed by atoms with E-state index in [-0.39, 0.29) is 18.0 Å². The fourth-order valence-corrected chi connectivity index (χ4v) is 5.11. The standard InChI is InChI=1S/C33H31F2N7O4/c1-41-12-10-21(11-13-41)19-45-28-15-27-24(14-29(28)46-33(44)22-6-3-2-4-7-22)32(37-20-36-27)39-23-16-38-42(17-23)18-30(43)40-26-9-5-8-25(34)31(26)35/h2-9,14-17,20-21H,10-13,18-19H2,1H3,(H,40,43)(H,36,37,39). The molecule has 0 radical (unpaired) electrons. The van der Waals surface area contributed by atoms with E-state index in [2.05, 4.69) is 37.6 Å². The van der Waals surface area contributed by atoms with Gasteiger partial charge in [-0.1, -0.05) is 24.3 Å². The minimum Gasteiger partial charge on any atom is -0.489 e. The van der Waals surface area contributed by atoms with Crippen LogP contribution in [-0.4, -0.2) is 63.3 Å². The van der Waals surface area contributed by atoms with Gasteiger partial charge in [0.1, 0.15) is 18.7 Å². The number of piperidine rings is 1. The minimum atomic E-state index is -1.14. The molecule has 0 atom stereocenters. The Bertz CT molecular complexity index is 1860. The van der Waals surface area contributed by atoms with E-state index in [1.165, 1.54) is 29.3 Å². The molecule has 3 aromatic carbocycles. The number of aromatic nitrogens is 4. The van der Waals surface area contributed by atoms with E-state index in [1.54, 1.807) is 42.6 Å². The zero-order valence-electron chi connectivity index (χ0n) is 25.0. The number of carbonyl (C=O) groups is 2. The second kappa shape index (κ2) is 13.7. The van der Waals surface area contributed by atoms with Gasteiger partial charge in [0.05, 0.1) is 35.3 Å². The van der Waals surface area contributed by atoms with Crippen molar-refractivity contribution in [3.05, 3.63) is 96.6 Å². The maximum absolute atomic E-state index is 14.0. The summed E-state index contributed by atoms with van der Waals surface area (Å²) >= 11 is 0. The summed E-state index contributed by atoms with van der Waals surface area (Å²) in [5.74, 6) is -1.93. The van der Waals surface area contributed by atoms with E-state index < -0.39 is 23.5 Å². The highest BCUT2D eigenvalue weighted by Crippen LogP contribution is 2.36. The summed E-state index contributed by atoms with van der Waals surface area (Å²) in [6, 6.07) is 15.6. The van der Waals surface area contributed by atoms with Gasteiger partial charge >= 0.3 is 5.97 Å². The first-order valence-corrected chi connectivity index (χ1v) is 14.7. The summed E-state index contributed by atoms with van der Waals surface area (Å²) < 4.78 is 40.9. The SMILES string of the molecule is CN1CCC(COc2cc3ncnc(Nc4cnn(CC(=O)Nc5cccc(F)c5F)c4)c3cc2OC(=O)c2ccccc2)CC1. The van der Waals surface area contributed by atoms with Crippen molar-refractivity contribution >= 4 is 40.0 Å². The third-order valence-corrected chi connectivity index (χ3v) is 7.65. The number of ether oxygens (including phenoxy) is 2. The molecule has 0 spiro atoms. The van der Waals surface area contributed by atoms with E-state index in [4.69, 9.17) is 9.47 Å². The molecule has 0 saturated carbocycles. The number of carbonyl (C=O) groups excluding carboxylic acids is 2. The Balaban J connectivity index is 1.22. The topological polar surface area (TPSA) is 124 Å². The van der Waals surface area contributed by atoms with Gasteiger partial charge in [-0.25, -0.2) is 23.5 Å². The van der Waals surface area contributed by atoms with Gasteiger partial charge < -0.3 is 25.0 Å². The third-order valence-electron chi connectivity index (χ3n) is 7.65. The fraction of sp³-hybridized carbons (Fsp3) is 0.242. The summed E-state index contributed by atoms with van der Waals surface area (Å²) in [4.78, 5) is 36.6. The monoisotopic (exact) mass is 627 g/mol. The zero-order valence-corrected chi connectivity index (χ0v) is 25.0. The molecular formula is C33H31F2N7O4. The van der Waals surface area contributed by atoms with Gasteiger partial charge in [-0.05, 0) is 69.2 Å². The number of nitrogens with one attached hydrogen (secondary N) is 2. The van der Waals surface area contributed by atoms with E-state index in [0.29, 0.717) is 46.2 Å². The van der Waals surface area contributed by atoms with Crippen LogP contribution in [-0.2, 0) is 11.3 Å². The highest BCUT2D eigenvalue weighted by Gasteiger charge is 2.21. The molecule has 3 heterocycles. The minimum absolute atomic E-state index is 0.226. The lowest BCUT2D eigenvalue weighted by molar-refractivity contribution is -0.116. The Hall–Kier alpha value is -5.43. The van der Waals surface area contributed by atoms with Gasteiger partial charge in [0.15, 0.2) is 23.1 Å². The Morgan fingerprint density at radius 1 is 1.00 bits per heavy atom. The number of benzene rings is 3. The van der Waals surface area contributed by atoms with Gasteiger partial charge in [-0.2, -0.15) is 5.10 Å². The Morgan fingerprint density at radius 2 is 1.80 bits per heavy atom. The van der Waals surface area contributed by atoms with Crippen LogP contribution < -0.4 is 20.1 Å². The van der Waals surface area contributed by atoms with Crippen LogP contribution in [0.1, 0.15) is 23.2 Å². The summed E-state index contributed by atoms with van der Waals surface area (Å²) in [5, 5.41) is 10.2. The number of esters is 1. The molecule has 11 nitrogen and oxygen atoms in total. The Labute approximate surface area is 263 Å². The van der Waals surface area contributed by atoms with Crippen molar-refractivity contribution < 1.29 is 27.8 Å². The number of hydrogen-bond acceptors (Lipinski definition) is 9. The molecule has 1 saturated heterocycles. The van der Waals surface area contributed by atoms with Crippen molar-refractivity contribution in [3.63, 3.8) is 0 Å². The van der Waals surface area contributed by atoms with Crippen LogP contribution in [0.2, 0.25) is 0 Å². The number of fused-ring (bicyclic) bond motifs is 1. The predicted molar refractivity (Wildman–Crippen MR) is 167 cm³/mol. The molecule has 6 rings (SSSR count). The summed E-state index contributed by atoms with van der Waals surface area (Å²) in [6.45, 7) is 2.22. The molecule has 1 amide bonds. The van der Waals surface area contributed by atoms with Crippen molar-refractivity contribution in [1.82, 2.24) is 24.6 Å². The normalized spacial score (nSPS) is 13.8. The molecule has 0 aliphatic carbocycles. The average Bonchev–Trinajstić information content (AvgIpc) is 3.50. The molecule has 5 aromatic rings. The largest absolute Gasteiger partial charge is 0.489 e. The first-order valence-electron chi connectivity index (χ1n) is 14.7. The fourth-order valence-electron chi connectivity index (χ4n) is 5.11. The van der Waals surface area contributed by atoms with Crippen LogP contribution in [0.25, 0.3) is 10.9 Å². The van der Waals surface area contributed by atoms with E-state index in [9.17, 15) is 18.4 Å². The van der Waals surface area contributed by atoms with Crippen LogP contribution in [0.15, 0.2) is 79.4 Å². The van der Waals surface area contributed by atoms with Gasteiger partial charge in [-0.15, -0.1) is 0 Å². The smallest absolute Gasteiger partial charge is 0.343 e. The lowest BCUT2D eigenvalue weighted by atomic mass is 9.98. The lowest BCUT2D eigenvalue weighted by Gasteiger charge is -2.28. The molecule has 1 fully saturated rings. The van der Waals surface area contributed by atoms with Crippen molar-refractivity contribution in [1.29, 1.82) is 0 Å².